The predicted octanol–water partition coefficient (Wildman–Crippen LogP) is 3.89. The van der Waals surface area contributed by atoms with Crippen LogP contribution in [0.5, 0.6) is 0 Å². The lowest BCUT2D eigenvalue weighted by molar-refractivity contribution is -0.140. The maximum atomic E-state index is 12.9. The fraction of sp³-hybridized carbons (Fsp3) is 0.333. The van der Waals surface area contributed by atoms with Gasteiger partial charge in [-0.25, -0.2) is 0 Å². The molecule has 0 radical (unpaired) electrons. The molecule has 1 fully saturated rings. The van der Waals surface area contributed by atoms with E-state index in [0.717, 1.165) is 11.1 Å². The number of ketones is 1. The Labute approximate surface area is 186 Å². The molecule has 0 aromatic heterocycles. The summed E-state index contributed by atoms with van der Waals surface area (Å²) in [4.78, 5) is 27.2. The molecule has 164 valence electrons. The van der Waals surface area contributed by atoms with E-state index < -0.39 is 17.7 Å². The summed E-state index contributed by atoms with van der Waals surface area (Å²) in [6.45, 7) is 4.49. The van der Waals surface area contributed by atoms with Crippen LogP contribution in [0.25, 0.3) is 5.76 Å². The van der Waals surface area contributed by atoms with Crippen molar-refractivity contribution < 1.29 is 24.5 Å². The Hall–Kier alpha value is -2.67. The van der Waals surface area contributed by atoms with Crippen molar-refractivity contribution in [1.82, 2.24) is 4.90 Å². The Bertz CT molecular complexity index is 966. The minimum absolute atomic E-state index is 0.0341. The molecule has 7 heteroatoms. The molecule has 3 rings (SSSR count). The number of carbonyl (C=O) groups is 2. The van der Waals surface area contributed by atoms with Gasteiger partial charge in [0.1, 0.15) is 5.76 Å². The number of ether oxygens (including phenoxy) is 1. The Morgan fingerprint density at radius 1 is 1.06 bits per heavy atom. The van der Waals surface area contributed by atoms with Gasteiger partial charge in [-0.1, -0.05) is 49.7 Å². The lowest BCUT2D eigenvalue weighted by Gasteiger charge is -2.25. The van der Waals surface area contributed by atoms with Gasteiger partial charge in [0.2, 0.25) is 0 Å². The van der Waals surface area contributed by atoms with E-state index in [9.17, 15) is 14.7 Å². The van der Waals surface area contributed by atoms with Crippen molar-refractivity contribution in [2.45, 2.75) is 25.8 Å². The Kier molecular flexibility index (Phi) is 7.49. The number of rotatable bonds is 8. The van der Waals surface area contributed by atoms with E-state index in [1.54, 1.807) is 24.3 Å². The number of likely N-dealkylation sites (tertiary alicyclic amines) is 1. The van der Waals surface area contributed by atoms with Gasteiger partial charge in [-0.2, -0.15) is 0 Å². The normalized spacial score (nSPS) is 18.2. The number of hydrogen-bond donors (Lipinski definition) is 2. The quantitative estimate of drug-likeness (QED) is 0.280. The van der Waals surface area contributed by atoms with Gasteiger partial charge in [-0.3, -0.25) is 9.59 Å². The number of benzene rings is 2. The minimum atomic E-state index is -0.743. The summed E-state index contributed by atoms with van der Waals surface area (Å²) in [5.74, 6) is -1.35. The third-order valence-corrected chi connectivity index (χ3v) is 5.54. The van der Waals surface area contributed by atoms with Crippen LogP contribution in [0.15, 0.2) is 54.1 Å². The standard InChI is InChI=1S/C24H26ClNO5/c1-15(2)16-3-5-17(6-4-16)21-20(22(28)18-7-9-19(25)10-8-18)23(29)24(30)26(21)11-13-31-14-12-27/h3-10,15,21,27-28H,11-14H2,1-2H3. The number of hydrogen-bond acceptors (Lipinski definition) is 5. The second-order valence-corrected chi connectivity index (χ2v) is 8.09. The largest absolute Gasteiger partial charge is 0.507 e. The average molecular weight is 444 g/mol. The van der Waals surface area contributed by atoms with E-state index in [1.165, 1.54) is 4.90 Å². The number of carbonyl (C=O) groups excluding carboxylic acids is 2. The van der Waals surface area contributed by atoms with E-state index >= 15 is 0 Å². The first kappa shape index (κ1) is 23.0. The molecule has 1 aliphatic rings. The van der Waals surface area contributed by atoms with Crippen LogP contribution in [0.3, 0.4) is 0 Å². The number of Topliss-reactive ketones (excluding diaryl/α,β-unsaturated/α-hetero) is 1. The maximum absolute atomic E-state index is 12.9. The summed E-state index contributed by atoms with van der Waals surface area (Å²) < 4.78 is 5.31. The highest BCUT2D eigenvalue weighted by Crippen LogP contribution is 2.39. The van der Waals surface area contributed by atoms with Crippen LogP contribution in [0.2, 0.25) is 5.02 Å². The number of aliphatic hydroxyl groups is 2. The molecule has 6 nitrogen and oxygen atoms in total. The molecule has 2 aromatic rings. The zero-order valence-corrected chi connectivity index (χ0v) is 18.3. The van der Waals surface area contributed by atoms with Gasteiger partial charge in [0.25, 0.3) is 11.7 Å². The zero-order valence-electron chi connectivity index (χ0n) is 17.5. The molecule has 1 heterocycles. The van der Waals surface area contributed by atoms with Crippen molar-refractivity contribution in [3.05, 3.63) is 75.8 Å². The third kappa shape index (κ3) is 4.98. The highest BCUT2D eigenvalue weighted by molar-refractivity contribution is 6.46. The number of aliphatic hydroxyl groups excluding tert-OH is 2. The number of nitrogens with zero attached hydrogens (tertiary/aromatic N) is 1. The maximum Gasteiger partial charge on any atom is 0.295 e. The molecule has 2 N–H and O–H groups in total. The van der Waals surface area contributed by atoms with Gasteiger partial charge < -0.3 is 19.8 Å². The first-order valence-corrected chi connectivity index (χ1v) is 10.6. The molecule has 1 aliphatic heterocycles. The monoisotopic (exact) mass is 443 g/mol. The van der Waals surface area contributed by atoms with Crippen LogP contribution >= 0.6 is 11.6 Å². The molecule has 0 saturated carbocycles. The van der Waals surface area contributed by atoms with E-state index in [1.807, 2.05) is 24.3 Å². The Morgan fingerprint density at radius 2 is 1.71 bits per heavy atom. The fourth-order valence-corrected chi connectivity index (χ4v) is 3.74. The Morgan fingerprint density at radius 3 is 2.29 bits per heavy atom. The SMILES string of the molecule is CC(C)c1ccc(C2C(=C(O)c3ccc(Cl)cc3)C(=O)C(=O)N2CCOCCO)cc1. The second kappa shape index (κ2) is 10.1. The molecule has 0 aliphatic carbocycles. The van der Waals surface area contributed by atoms with Crippen molar-refractivity contribution in [2.75, 3.05) is 26.4 Å². The molecule has 0 bridgehead atoms. The summed E-state index contributed by atoms with van der Waals surface area (Å²) in [7, 11) is 0. The van der Waals surface area contributed by atoms with Crippen molar-refractivity contribution in [3.8, 4) is 0 Å². The van der Waals surface area contributed by atoms with Crippen LogP contribution in [0.1, 0.15) is 42.5 Å². The molecule has 31 heavy (non-hydrogen) atoms. The number of halogens is 1. The highest BCUT2D eigenvalue weighted by atomic mass is 35.5. The summed E-state index contributed by atoms with van der Waals surface area (Å²) >= 11 is 5.94. The summed E-state index contributed by atoms with van der Waals surface area (Å²) in [5, 5.41) is 20.4. The highest BCUT2D eigenvalue weighted by Gasteiger charge is 2.45. The third-order valence-electron chi connectivity index (χ3n) is 5.29. The van der Waals surface area contributed by atoms with Gasteiger partial charge in [-0.15, -0.1) is 0 Å². The molecular weight excluding hydrogens is 418 g/mol. The van der Waals surface area contributed by atoms with Gasteiger partial charge >= 0.3 is 0 Å². The molecule has 1 unspecified atom stereocenters. The molecule has 1 amide bonds. The van der Waals surface area contributed by atoms with Crippen molar-refractivity contribution in [3.63, 3.8) is 0 Å². The van der Waals surface area contributed by atoms with Crippen molar-refractivity contribution in [2.24, 2.45) is 0 Å². The van der Waals surface area contributed by atoms with Gasteiger partial charge in [0.05, 0.1) is 31.4 Å². The van der Waals surface area contributed by atoms with Crippen LogP contribution in [-0.4, -0.2) is 53.2 Å². The summed E-state index contributed by atoms with van der Waals surface area (Å²) in [5.41, 5.74) is 2.29. The molecule has 0 spiro atoms. The van der Waals surface area contributed by atoms with E-state index in [-0.39, 0.29) is 37.7 Å². The Balaban J connectivity index is 2.06. The van der Waals surface area contributed by atoms with E-state index in [0.29, 0.717) is 16.5 Å². The molecule has 1 atom stereocenters. The summed E-state index contributed by atoms with van der Waals surface area (Å²) in [6, 6.07) is 13.4. The van der Waals surface area contributed by atoms with Crippen molar-refractivity contribution in [1.29, 1.82) is 0 Å². The number of amides is 1. The summed E-state index contributed by atoms with van der Waals surface area (Å²) in [6.07, 6.45) is 0. The van der Waals surface area contributed by atoms with Crippen LogP contribution in [0, 0.1) is 0 Å². The first-order valence-electron chi connectivity index (χ1n) is 10.2. The molecule has 2 aromatic carbocycles. The topological polar surface area (TPSA) is 87.1 Å². The van der Waals surface area contributed by atoms with Crippen LogP contribution in [0.4, 0.5) is 0 Å². The van der Waals surface area contributed by atoms with Crippen LogP contribution in [-0.2, 0) is 14.3 Å². The molecule has 1 saturated heterocycles. The van der Waals surface area contributed by atoms with E-state index in [2.05, 4.69) is 13.8 Å². The van der Waals surface area contributed by atoms with Gasteiger partial charge in [0.15, 0.2) is 0 Å². The van der Waals surface area contributed by atoms with Crippen LogP contribution < -0.4 is 0 Å². The van der Waals surface area contributed by atoms with E-state index in [4.69, 9.17) is 21.4 Å². The average Bonchev–Trinajstić information content (AvgIpc) is 3.01. The zero-order chi connectivity index (χ0) is 22.5. The second-order valence-electron chi connectivity index (χ2n) is 7.66. The minimum Gasteiger partial charge on any atom is -0.507 e. The molecular formula is C24H26ClNO5. The lowest BCUT2D eigenvalue weighted by Crippen LogP contribution is -2.33. The first-order chi connectivity index (χ1) is 14.8. The van der Waals surface area contributed by atoms with Crippen molar-refractivity contribution >= 4 is 29.1 Å². The smallest absolute Gasteiger partial charge is 0.295 e. The van der Waals surface area contributed by atoms with Gasteiger partial charge in [0, 0.05) is 17.1 Å². The van der Waals surface area contributed by atoms with Gasteiger partial charge in [-0.05, 0) is 41.3 Å². The lowest BCUT2D eigenvalue weighted by atomic mass is 9.93. The predicted molar refractivity (Wildman–Crippen MR) is 119 cm³/mol. The fourth-order valence-electron chi connectivity index (χ4n) is 3.61.